The van der Waals surface area contributed by atoms with Gasteiger partial charge in [-0.1, -0.05) is 11.2 Å². The smallest absolute Gasteiger partial charge is 0.410 e. The highest BCUT2D eigenvalue weighted by molar-refractivity contribution is 5.94. The van der Waals surface area contributed by atoms with Gasteiger partial charge in [-0.15, -0.1) is 0 Å². The molecule has 218 valence electrons. The lowest BCUT2D eigenvalue weighted by Gasteiger charge is -2.39. The Morgan fingerprint density at radius 2 is 1.95 bits per heavy atom. The number of carbonyl (C=O) groups excluding carboxylic acids is 3. The number of rotatable bonds is 7. The lowest BCUT2D eigenvalue weighted by molar-refractivity contribution is -0.136. The van der Waals surface area contributed by atoms with E-state index in [0.29, 0.717) is 19.0 Å². The lowest BCUT2D eigenvalue weighted by atomic mass is 9.90. The molecule has 0 spiro atoms. The SMILES string of the molecule is CN(CCc1ccccn1)C(=O)[C@@H]1CN(C(=O)OC(C)(C)C)CC[C@H]1NC(=O)c1cc(-c2ccc(F)cc2F)on1. The summed E-state index contributed by atoms with van der Waals surface area (Å²) in [4.78, 5) is 46.9. The van der Waals surface area contributed by atoms with E-state index in [9.17, 15) is 23.2 Å². The van der Waals surface area contributed by atoms with Crippen LogP contribution in [0.3, 0.4) is 0 Å². The van der Waals surface area contributed by atoms with E-state index < -0.39 is 41.2 Å². The Hall–Kier alpha value is -4.35. The van der Waals surface area contributed by atoms with Gasteiger partial charge in [-0.05, 0) is 51.5 Å². The van der Waals surface area contributed by atoms with Crippen LogP contribution in [0.5, 0.6) is 0 Å². The normalized spacial score (nSPS) is 17.2. The minimum atomic E-state index is -0.859. The minimum Gasteiger partial charge on any atom is -0.444 e. The number of nitrogens with one attached hydrogen (secondary N) is 1. The Kier molecular flexibility index (Phi) is 8.99. The number of likely N-dealkylation sites (tertiary alicyclic amines) is 1. The third kappa shape index (κ3) is 7.65. The number of ether oxygens (including phenoxy) is 1. The van der Waals surface area contributed by atoms with Crippen molar-refractivity contribution < 1.29 is 32.4 Å². The molecule has 1 fully saturated rings. The van der Waals surface area contributed by atoms with Crippen LogP contribution in [-0.2, 0) is 16.0 Å². The summed E-state index contributed by atoms with van der Waals surface area (Å²) in [6.07, 6.45) is 1.96. The van der Waals surface area contributed by atoms with Gasteiger partial charge in [0.2, 0.25) is 5.91 Å². The molecule has 2 aromatic heterocycles. The van der Waals surface area contributed by atoms with Crippen LogP contribution in [0.25, 0.3) is 11.3 Å². The maximum Gasteiger partial charge on any atom is 0.410 e. The molecule has 0 radical (unpaired) electrons. The first-order valence-electron chi connectivity index (χ1n) is 13.3. The Bertz CT molecular complexity index is 1390. The number of pyridine rings is 1. The van der Waals surface area contributed by atoms with E-state index >= 15 is 0 Å². The van der Waals surface area contributed by atoms with Crippen LogP contribution >= 0.6 is 0 Å². The van der Waals surface area contributed by atoms with Crippen LogP contribution in [0.2, 0.25) is 0 Å². The van der Waals surface area contributed by atoms with Gasteiger partial charge in [0.15, 0.2) is 11.5 Å². The van der Waals surface area contributed by atoms with E-state index in [1.807, 2.05) is 18.2 Å². The maximum atomic E-state index is 14.2. The molecule has 1 aliphatic heterocycles. The molecule has 4 rings (SSSR count). The Morgan fingerprint density at radius 3 is 2.63 bits per heavy atom. The number of hydrogen-bond acceptors (Lipinski definition) is 7. The van der Waals surface area contributed by atoms with Gasteiger partial charge in [-0.3, -0.25) is 14.6 Å². The van der Waals surface area contributed by atoms with Crippen molar-refractivity contribution in [1.82, 2.24) is 25.3 Å². The first kappa shape index (κ1) is 29.6. The molecular weight excluding hydrogens is 536 g/mol. The molecule has 10 nitrogen and oxygen atoms in total. The van der Waals surface area contributed by atoms with Crippen LogP contribution < -0.4 is 5.32 Å². The van der Waals surface area contributed by atoms with Gasteiger partial charge in [0.1, 0.15) is 17.2 Å². The van der Waals surface area contributed by atoms with Crippen LogP contribution in [-0.4, -0.2) is 76.2 Å². The number of aromatic nitrogens is 2. The predicted molar refractivity (Wildman–Crippen MR) is 145 cm³/mol. The highest BCUT2D eigenvalue weighted by atomic mass is 19.1. The third-order valence-electron chi connectivity index (χ3n) is 6.64. The summed E-state index contributed by atoms with van der Waals surface area (Å²) in [6, 6.07) is 9.13. The van der Waals surface area contributed by atoms with Gasteiger partial charge in [-0.2, -0.15) is 0 Å². The van der Waals surface area contributed by atoms with Crippen LogP contribution in [0.15, 0.2) is 53.2 Å². The molecule has 0 unspecified atom stereocenters. The van der Waals surface area contributed by atoms with Crippen molar-refractivity contribution in [3.8, 4) is 11.3 Å². The lowest BCUT2D eigenvalue weighted by Crippen LogP contribution is -2.57. The van der Waals surface area contributed by atoms with Crippen LogP contribution in [0.1, 0.15) is 43.4 Å². The number of amides is 3. The number of halogens is 2. The van der Waals surface area contributed by atoms with Gasteiger partial charge >= 0.3 is 6.09 Å². The molecule has 0 aliphatic carbocycles. The Balaban J connectivity index is 1.49. The number of carbonyl (C=O) groups is 3. The summed E-state index contributed by atoms with van der Waals surface area (Å²) >= 11 is 0. The zero-order chi connectivity index (χ0) is 29.7. The molecule has 0 saturated carbocycles. The molecule has 2 atom stereocenters. The topological polar surface area (TPSA) is 118 Å². The maximum absolute atomic E-state index is 14.2. The van der Waals surface area contributed by atoms with Gasteiger partial charge < -0.3 is 24.4 Å². The Morgan fingerprint density at radius 1 is 1.17 bits per heavy atom. The van der Waals surface area contributed by atoms with Crippen molar-refractivity contribution >= 4 is 17.9 Å². The second-order valence-electron chi connectivity index (χ2n) is 10.9. The Labute approximate surface area is 236 Å². The molecule has 1 aromatic carbocycles. The molecule has 3 heterocycles. The zero-order valence-corrected chi connectivity index (χ0v) is 23.4. The number of likely N-dealkylation sites (N-methyl/N-ethyl adjacent to an activating group) is 1. The summed E-state index contributed by atoms with van der Waals surface area (Å²) in [6.45, 7) is 5.96. The highest BCUT2D eigenvalue weighted by Gasteiger charge is 2.40. The van der Waals surface area contributed by atoms with Crippen molar-refractivity contribution in [2.24, 2.45) is 5.92 Å². The fourth-order valence-corrected chi connectivity index (χ4v) is 4.53. The summed E-state index contributed by atoms with van der Waals surface area (Å²) in [5, 5.41) is 6.58. The van der Waals surface area contributed by atoms with Gasteiger partial charge in [0, 0.05) is 63.2 Å². The molecule has 3 amide bonds. The predicted octanol–water partition coefficient (Wildman–Crippen LogP) is 4.07. The van der Waals surface area contributed by atoms with Crippen LogP contribution in [0.4, 0.5) is 13.6 Å². The molecule has 3 aromatic rings. The zero-order valence-electron chi connectivity index (χ0n) is 23.4. The van der Waals surface area contributed by atoms with Crippen molar-refractivity contribution in [2.45, 2.75) is 45.3 Å². The molecule has 0 bridgehead atoms. The fraction of sp³-hybridized carbons (Fsp3) is 0.414. The number of hydrogen-bond donors (Lipinski definition) is 1. The van der Waals surface area contributed by atoms with Crippen molar-refractivity contribution in [1.29, 1.82) is 0 Å². The summed E-state index contributed by atoms with van der Waals surface area (Å²) < 4.78 is 38.1. The van der Waals surface area contributed by atoms with Gasteiger partial charge in [-0.25, -0.2) is 13.6 Å². The monoisotopic (exact) mass is 569 g/mol. The summed E-state index contributed by atoms with van der Waals surface area (Å²) in [5.41, 5.74) is -0.0647. The van der Waals surface area contributed by atoms with Crippen LogP contribution in [0, 0.1) is 17.6 Å². The van der Waals surface area contributed by atoms with Crippen molar-refractivity contribution in [3.05, 3.63) is 71.7 Å². The molecule has 1 aliphatic rings. The van der Waals surface area contributed by atoms with Crippen molar-refractivity contribution in [3.63, 3.8) is 0 Å². The van der Waals surface area contributed by atoms with E-state index in [-0.39, 0.29) is 42.4 Å². The first-order chi connectivity index (χ1) is 19.4. The molecule has 41 heavy (non-hydrogen) atoms. The largest absolute Gasteiger partial charge is 0.444 e. The quantitative estimate of drug-likeness (QED) is 0.456. The van der Waals surface area contributed by atoms with Gasteiger partial charge in [0.05, 0.1) is 11.5 Å². The van der Waals surface area contributed by atoms with E-state index in [4.69, 9.17) is 9.26 Å². The van der Waals surface area contributed by atoms with E-state index in [1.165, 1.54) is 17.0 Å². The standard InChI is InChI=1S/C29H33F2N5O5/c1-29(2,3)40-28(39)36-14-11-23(21(17-36)27(38)35(4)13-10-19-7-5-6-12-32-19)33-26(37)24-16-25(41-34-24)20-9-8-18(30)15-22(20)31/h5-9,12,15-16,21,23H,10-11,13-14,17H2,1-4H3,(H,33,37)/t21-,23-/m1/s1. The summed E-state index contributed by atoms with van der Waals surface area (Å²) in [7, 11) is 1.66. The van der Waals surface area contributed by atoms with E-state index in [0.717, 1.165) is 11.8 Å². The molecular formula is C29H33F2N5O5. The van der Waals surface area contributed by atoms with Crippen molar-refractivity contribution in [2.75, 3.05) is 26.7 Å². The fourth-order valence-electron chi connectivity index (χ4n) is 4.53. The number of piperidine rings is 1. The number of nitrogens with zero attached hydrogens (tertiary/aromatic N) is 4. The average Bonchev–Trinajstić information content (AvgIpc) is 3.41. The van der Waals surface area contributed by atoms with E-state index in [2.05, 4.69) is 15.5 Å². The summed E-state index contributed by atoms with van der Waals surface area (Å²) in [5.74, 6) is -3.31. The first-order valence-corrected chi connectivity index (χ1v) is 13.3. The molecule has 1 N–H and O–H groups in total. The minimum absolute atomic E-state index is 0.0392. The highest BCUT2D eigenvalue weighted by Crippen LogP contribution is 2.26. The average molecular weight is 570 g/mol. The second-order valence-corrected chi connectivity index (χ2v) is 10.9. The third-order valence-corrected chi connectivity index (χ3v) is 6.64. The van der Waals surface area contributed by atoms with E-state index in [1.54, 1.807) is 38.9 Å². The second kappa shape index (κ2) is 12.4. The van der Waals surface area contributed by atoms with Gasteiger partial charge in [0.25, 0.3) is 5.91 Å². The molecule has 12 heteroatoms. The number of benzene rings is 1. The molecule has 1 saturated heterocycles.